The Hall–Kier alpha value is -3.13. The third-order valence-corrected chi connectivity index (χ3v) is 6.99. The third-order valence-electron chi connectivity index (χ3n) is 6.00. The third kappa shape index (κ3) is 3.79. The number of imidazole rings is 1. The number of carbonyl (C=O) groups is 1. The van der Waals surface area contributed by atoms with Crippen LogP contribution in [0.4, 0.5) is 0 Å². The largest absolute Gasteiger partial charge is 0.465 e. The Balaban J connectivity index is 1.51. The fourth-order valence-corrected chi connectivity index (χ4v) is 5.38. The molecule has 0 atom stereocenters. The maximum Gasteiger partial charge on any atom is 0.341 e. The number of rotatable bonds is 5. The van der Waals surface area contributed by atoms with Crippen LogP contribution in [0.1, 0.15) is 54.2 Å². The van der Waals surface area contributed by atoms with Crippen molar-refractivity contribution in [2.75, 3.05) is 7.11 Å². The predicted octanol–water partition coefficient (Wildman–Crippen LogP) is 4.63. The van der Waals surface area contributed by atoms with Gasteiger partial charge >= 0.3 is 5.97 Å². The number of para-hydroxylation sites is 1. The Bertz CT molecular complexity index is 1350. The quantitative estimate of drug-likeness (QED) is 0.252. The summed E-state index contributed by atoms with van der Waals surface area (Å²) in [6.07, 6.45) is 9.26. The smallest absolute Gasteiger partial charge is 0.341 e. The molecule has 32 heavy (non-hydrogen) atoms. The van der Waals surface area contributed by atoms with Crippen molar-refractivity contribution in [2.24, 2.45) is 0 Å². The molecule has 0 aliphatic heterocycles. The Morgan fingerprint density at radius 1 is 1.12 bits per heavy atom. The summed E-state index contributed by atoms with van der Waals surface area (Å²) < 4.78 is 8.60. The number of thioether (sulfide) groups is 1. The standard InChI is InChI=1S/C24H24N4O3S/c1-31-23(30)19-11-7-13-27-14-16(25-21(19)27)15-32-24-26-20-12-6-5-10-18(20)22(29)28(24)17-8-3-2-4-9-17/h5-7,10-14,17H,2-4,8-9,15H2,1H3. The minimum atomic E-state index is -0.414. The van der Waals surface area contributed by atoms with Crippen molar-refractivity contribution < 1.29 is 9.53 Å². The highest BCUT2D eigenvalue weighted by Gasteiger charge is 2.22. The molecule has 1 aliphatic rings. The van der Waals surface area contributed by atoms with Gasteiger partial charge in [0.25, 0.3) is 5.56 Å². The predicted molar refractivity (Wildman–Crippen MR) is 124 cm³/mol. The zero-order chi connectivity index (χ0) is 22.1. The van der Waals surface area contributed by atoms with Crippen molar-refractivity contribution in [2.45, 2.75) is 49.1 Å². The Kier molecular flexibility index (Phi) is 5.70. The minimum Gasteiger partial charge on any atom is -0.465 e. The van der Waals surface area contributed by atoms with Gasteiger partial charge in [0.1, 0.15) is 5.56 Å². The molecule has 3 aromatic heterocycles. The molecule has 164 valence electrons. The van der Waals surface area contributed by atoms with E-state index in [-0.39, 0.29) is 11.6 Å². The summed E-state index contributed by atoms with van der Waals surface area (Å²) in [5, 5.41) is 1.39. The van der Waals surface area contributed by atoms with E-state index in [4.69, 9.17) is 9.72 Å². The van der Waals surface area contributed by atoms with Gasteiger partial charge in [0.05, 0.1) is 23.7 Å². The highest BCUT2D eigenvalue weighted by atomic mass is 32.2. The molecule has 8 heteroatoms. The van der Waals surface area contributed by atoms with E-state index < -0.39 is 5.97 Å². The second-order valence-corrected chi connectivity index (χ2v) is 8.99. The number of esters is 1. The molecule has 1 saturated carbocycles. The first kappa shape index (κ1) is 20.8. The van der Waals surface area contributed by atoms with E-state index in [1.807, 2.05) is 45.6 Å². The van der Waals surface area contributed by atoms with E-state index in [9.17, 15) is 9.59 Å². The van der Waals surface area contributed by atoms with Crippen molar-refractivity contribution in [3.8, 4) is 0 Å². The van der Waals surface area contributed by atoms with E-state index in [1.165, 1.54) is 25.3 Å². The van der Waals surface area contributed by atoms with Crippen LogP contribution in [0.15, 0.2) is 58.7 Å². The number of carbonyl (C=O) groups excluding carboxylic acids is 1. The van der Waals surface area contributed by atoms with Crippen LogP contribution in [0.3, 0.4) is 0 Å². The molecule has 0 amide bonds. The van der Waals surface area contributed by atoms with Gasteiger partial charge in [-0.05, 0) is 37.1 Å². The highest BCUT2D eigenvalue weighted by molar-refractivity contribution is 7.98. The van der Waals surface area contributed by atoms with Gasteiger partial charge in [0, 0.05) is 24.2 Å². The van der Waals surface area contributed by atoms with Crippen LogP contribution >= 0.6 is 11.8 Å². The monoisotopic (exact) mass is 448 g/mol. The summed E-state index contributed by atoms with van der Waals surface area (Å²) in [7, 11) is 1.36. The van der Waals surface area contributed by atoms with E-state index in [0.29, 0.717) is 22.3 Å². The maximum absolute atomic E-state index is 13.4. The maximum atomic E-state index is 13.4. The fraction of sp³-hybridized carbons (Fsp3) is 0.333. The summed E-state index contributed by atoms with van der Waals surface area (Å²) >= 11 is 1.52. The van der Waals surface area contributed by atoms with E-state index in [0.717, 1.165) is 42.1 Å². The van der Waals surface area contributed by atoms with E-state index >= 15 is 0 Å². The minimum absolute atomic E-state index is 0.0352. The average Bonchev–Trinajstić information content (AvgIpc) is 3.26. The van der Waals surface area contributed by atoms with E-state index in [1.54, 1.807) is 12.1 Å². The molecule has 0 N–H and O–H groups in total. The molecule has 7 nitrogen and oxygen atoms in total. The summed E-state index contributed by atoms with van der Waals surface area (Å²) in [4.78, 5) is 35.0. The van der Waals surface area contributed by atoms with Crippen LogP contribution in [0.2, 0.25) is 0 Å². The molecule has 1 fully saturated rings. The van der Waals surface area contributed by atoms with Gasteiger partial charge in [-0.15, -0.1) is 0 Å². The number of nitrogens with zero attached hydrogens (tertiary/aromatic N) is 4. The molecule has 1 aromatic carbocycles. The Morgan fingerprint density at radius 3 is 2.75 bits per heavy atom. The topological polar surface area (TPSA) is 78.5 Å². The summed E-state index contributed by atoms with van der Waals surface area (Å²) in [6.45, 7) is 0. The average molecular weight is 449 g/mol. The second-order valence-electron chi connectivity index (χ2n) is 8.04. The van der Waals surface area contributed by atoms with Crippen LogP contribution in [0.25, 0.3) is 16.6 Å². The normalized spacial score (nSPS) is 14.8. The molecule has 0 unspecified atom stereocenters. The SMILES string of the molecule is COC(=O)c1cccn2cc(CSc3nc4ccccc4c(=O)n3C3CCCCC3)nc12. The molecular weight excluding hydrogens is 424 g/mol. The molecule has 1 aliphatic carbocycles. The van der Waals surface area contributed by atoms with Crippen molar-refractivity contribution in [3.05, 3.63) is 70.4 Å². The molecule has 0 radical (unpaired) electrons. The lowest BCUT2D eigenvalue weighted by Crippen LogP contribution is -2.29. The van der Waals surface area contributed by atoms with E-state index in [2.05, 4.69) is 4.98 Å². The van der Waals surface area contributed by atoms with Gasteiger partial charge in [-0.1, -0.05) is 43.2 Å². The van der Waals surface area contributed by atoms with Crippen molar-refractivity contribution in [3.63, 3.8) is 0 Å². The second kappa shape index (κ2) is 8.78. The lowest BCUT2D eigenvalue weighted by molar-refractivity contribution is 0.0602. The number of aromatic nitrogens is 4. The molecule has 3 heterocycles. The van der Waals surface area contributed by atoms with Crippen molar-refractivity contribution in [1.82, 2.24) is 18.9 Å². The molecule has 0 saturated heterocycles. The van der Waals surface area contributed by atoms with Crippen molar-refractivity contribution in [1.29, 1.82) is 0 Å². The zero-order valence-corrected chi connectivity index (χ0v) is 18.7. The van der Waals surface area contributed by atoms with Gasteiger partial charge in [-0.3, -0.25) is 9.36 Å². The molecular formula is C24H24N4O3S. The highest BCUT2D eigenvalue weighted by Crippen LogP contribution is 2.32. The first-order valence-corrected chi connectivity index (χ1v) is 11.8. The van der Waals surface area contributed by atoms with Crippen LogP contribution in [0, 0.1) is 0 Å². The first-order chi connectivity index (χ1) is 15.7. The summed E-state index contributed by atoms with van der Waals surface area (Å²) in [5.41, 5.74) is 2.55. The van der Waals surface area contributed by atoms with Crippen LogP contribution in [-0.2, 0) is 10.5 Å². The van der Waals surface area contributed by atoms with Gasteiger partial charge in [-0.25, -0.2) is 14.8 Å². The van der Waals surface area contributed by atoms with Crippen LogP contribution in [-0.4, -0.2) is 32.0 Å². The van der Waals surface area contributed by atoms with Gasteiger partial charge in [0.15, 0.2) is 10.8 Å². The number of ether oxygens (including phenoxy) is 1. The number of hydrogen-bond donors (Lipinski definition) is 0. The Morgan fingerprint density at radius 2 is 1.94 bits per heavy atom. The Labute approximate surface area is 189 Å². The van der Waals surface area contributed by atoms with Gasteiger partial charge in [0.2, 0.25) is 0 Å². The van der Waals surface area contributed by atoms with Crippen LogP contribution < -0.4 is 5.56 Å². The number of hydrogen-bond acceptors (Lipinski definition) is 6. The summed E-state index contributed by atoms with van der Waals surface area (Å²) in [5.74, 6) is 0.127. The lowest BCUT2D eigenvalue weighted by atomic mass is 9.95. The van der Waals surface area contributed by atoms with Crippen molar-refractivity contribution >= 4 is 34.3 Å². The number of pyridine rings is 1. The lowest BCUT2D eigenvalue weighted by Gasteiger charge is -2.26. The molecule has 4 aromatic rings. The van der Waals surface area contributed by atoms with Gasteiger partial charge in [-0.2, -0.15) is 0 Å². The molecule has 0 spiro atoms. The first-order valence-electron chi connectivity index (χ1n) is 10.8. The number of fused-ring (bicyclic) bond motifs is 2. The molecule has 5 rings (SSSR count). The fourth-order valence-electron chi connectivity index (χ4n) is 4.43. The number of benzene rings is 1. The molecule has 0 bridgehead atoms. The van der Waals surface area contributed by atoms with Gasteiger partial charge < -0.3 is 9.14 Å². The van der Waals surface area contributed by atoms with Crippen LogP contribution in [0.5, 0.6) is 0 Å². The summed E-state index contributed by atoms with van der Waals surface area (Å²) in [6, 6.07) is 11.2. The number of methoxy groups -OCH3 is 1. The zero-order valence-electron chi connectivity index (χ0n) is 17.9.